The van der Waals surface area contributed by atoms with Gasteiger partial charge >= 0.3 is 0 Å². The van der Waals surface area contributed by atoms with Gasteiger partial charge in [0.05, 0.1) is 6.61 Å². The van der Waals surface area contributed by atoms with Gasteiger partial charge in [-0.1, -0.05) is 64.7 Å². The van der Waals surface area contributed by atoms with Gasteiger partial charge in [-0.3, -0.25) is 4.79 Å². The van der Waals surface area contributed by atoms with Crippen LogP contribution in [0.25, 0.3) is 0 Å². The maximum atomic E-state index is 11.3. The zero-order valence-electron chi connectivity index (χ0n) is 11.4. The molecule has 0 radical (unpaired) electrons. The summed E-state index contributed by atoms with van der Waals surface area (Å²) in [6.07, 6.45) is 13.6. The highest BCUT2D eigenvalue weighted by Crippen LogP contribution is 2.16. The van der Waals surface area contributed by atoms with Crippen LogP contribution in [0.4, 0.5) is 0 Å². The van der Waals surface area contributed by atoms with Crippen molar-refractivity contribution in [3.8, 4) is 0 Å². The number of hydrogen-bond acceptors (Lipinski definition) is 2. The van der Waals surface area contributed by atoms with Crippen molar-refractivity contribution in [1.29, 1.82) is 0 Å². The van der Waals surface area contributed by atoms with Crippen LogP contribution >= 0.6 is 0 Å². The zero-order valence-corrected chi connectivity index (χ0v) is 11.4. The van der Waals surface area contributed by atoms with Crippen molar-refractivity contribution in [3.63, 3.8) is 0 Å². The van der Waals surface area contributed by atoms with E-state index in [1.165, 1.54) is 51.4 Å². The minimum atomic E-state index is -0.0560. The summed E-state index contributed by atoms with van der Waals surface area (Å²) in [7, 11) is 0. The van der Waals surface area contributed by atoms with Gasteiger partial charge in [0.2, 0.25) is 0 Å². The van der Waals surface area contributed by atoms with Crippen molar-refractivity contribution in [2.24, 2.45) is 0 Å². The van der Waals surface area contributed by atoms with E-state index in [1.807, 2.05) is 0 Å². The van der Waals surface area contributed by atoms with Gasteiger partial charge in [-0.05, 0) is 6.42 Å². The molecule has 1 heterocycles. The fourth-order valence-corrected chi connectivity index (χ4v) is 2.44. The van der Waals surface area contributed by atoms with Gasteiger partial charge in [-0.15, -0.1) is 0 Å². The Hall–Kier alpha value is -0.370. The molecule has 0 spiro atoms. The summed E-state index contributed by atoms with van der Waals surface area (Å²) < 4.78 is 5.39. The average Bonchev–Trinajstić information content (AvgIpc) is 2.73. The maximum absolute atomic E-state index is 11.3. The normalized spacial score (nSPS) is 20.1. The summed E-state index contributed by atoms with van der Waals surface area (Å²) in [5.41, 5.74) is 0. The van der Waals surface area contributed by atoms with E-state index >= 15 is 0 Å². The summed E-state index contributed by atoms with van der Waals surface area (Å²) in [5, 5.41) is 0. The van der Waals surface area contributed by atoms with Crippen LogP contribution in [0.5, 0.6) is 0 Å². The molecule has 0 aliphatic carbocycles. The van der Waals surface area contributed by atoms with Gasteiger partial charge in [0.1, 0.15) is 6.10 Å². The number of ether oxygens (including phenoxy) is 1. The number of ketones is 1. The smallest absolute Gasteiger partial charge is 0.163 e. The Morgan fingerprint density at radius 3 is 2.12 bits per heavy atom. The molecule has 0 aromatic rings. The second-order valence-corrected chi connectivity index (χ2v) is 5.19. The maximum Gasteiger partial charge on any atom is 0.163 e. The average molecular weight is 240 g/mol. The number of Topliss-reactive ketones (excluding diaryl/α,β-unsaturated/α-hetero) is 1. The van der Waals surface area contributed by atoms with Crippen molar-refractivity contribution in [1.82, 2.24) is 0 Å². The SMILES string of the molecule is CCCCCCCCCCCC1OCCC1=O. The molecule has 0 aromatic carbocycles. The van der Waals surface area contributed by atoms with Gasteiger partial charge in [-0.25, -0.2) is 0 Å². The fourth-order valence-electron chi connectivity index (χ4n) is 2.44. The van der Waals surface area contributed by atoms with E-state index in [0.29, 0.717) is 18.8 Å². The monoisotopic (exact) mass is 240 g/mol. The van der Waals surface area contributed by atoms with Gasteiger partial charge in [0.15, 0.2) is 5.78 Å². The molecule has 0 N–H and O–H groups in total. The molecule has 1 rings (SSSR count). The fraction of sp³-hybridized carbons (Fsp3) is 0.933. The molecule has 100 valence electrons. The highest BCUT2D eigenvalue weighted by Gasteiger charge is 2.24. The predicted octanol–water partition coefficient (Wildman–Crippen LogP) is 4.27. The van der Waals surface area contributed by atoms with Crippen LogP contribution in [0.2, 0.25) is 0 Å². The molecule has 17 heavy (non-hydrogen) atoms. The highest BCUT2D eigenvalue weighted by atomic mass is 16.5. The van der Waals surface area contributed by atoms with E-state index in [-0.39, 0.29) is 6.10 Å². The second kappa shape index (κ2) is 9.64. The first-order valence-electron chi connectivity index (χ1n) is 7.49. The van der Waals surface area contributed by atoms with Crippen LogP contribution in [0, 0.1) is 0 Å². The number of carbonyl (C=O) groups is 1. The Balaban J connectivity index is 1.80. The van der Waals surface area contributed by atoms with E-state index in [2.05, 4.69) is 6.92 Å². The standard InChI is InChI=1S/C15H28O2/c1-2-3-4-5-6-7-8-9-10-11-15-14(16)12-13-17-15/h15H,2-13H2,1H3. The molecular weight excluding hydrogens is 212 g/mol. The number of hydrogen-bond donors (Lipinski definition) is 0. The predicted molar refractivity (Wildman–Crippen MR) is 71.2 cm³/mol. The summed E-state index contributed by atoms with van der Waals surface area (Å²) in [5.74, 6) is 0.324. The van der Waals surface area contributed by atoms with Crippen LogP contribution in [-0.2, 0) is 9.53 Å². The lowest BCUT2D eigenvalue weighted by molar-refractivity contribution is -0.122. The first kappa shape index (κ1) is 14.7. The molecule has 0 saturated carbocycles. The van der Waals surface area contributed by atoms with Crippen molar-refractivity contribution in [3.05, 3.63) is 0 Å². The van der Waals surface area contributed by atoms with Crippen LogP contribution in [0.3, 0.4) is 0 Å². The minimum Gasteiger partial charge on any atom is -0.370 e. The summed E-state index contributed by atoms with van der Waals surface area (Å²) in [6, 6.07) is 0. The van der Waals surface area contributed by atoms with E-state index in [4.69, 9.17) is 4.74 Å². The van der Waals surface area contributed by atoms with E-state index in [9.17, 15) is 4.79 Å². The largest absolute Gasteiger partial charge is 0.370 e. The van der Waals surface area contributed by atoms with Crippen molar-refractivity contribution in [2.45, 2.75) is 83.7 Å². The zero-order chi connectivity index (χ0) is 12.3. The third-order valence-electron chi connectivity index (χ3n) is 3.60. The molecular formula is C15H28O2. The summed E-state index contributed by atoms with van der Waals surface area (Å²) >= 11 is 0. The van der Waals surface area contributed by atoms with E-state index in [0.717, 1.165) is 12.8 Å². The van der Waals surface area contributed by atoms with Gasteiger partial charge < -0.3 is 4.74 Å². The van der Waals surface area contributed by atoms with Gasteiger partial charge in [-0.2, -0.15) is 0 Å². The Labute approximate surface area is 106 Å². The van der Waals surface area contributed by atoms with Crippen molar-refractivity contribution >= 4 is 5.78 Å². The lowest BCUT2D eigenvalue weighted by Crippen LogP contribution is -2.14. The van der Waals surface area contributed by atoms with Gasteiger partial charge in [0.25, 0.3) is 0 Å². The Morgan fingerprint density at radius 1 is 1.00 bits per heavy atom. The molecule has 1 unspecified atom stereocenters. The Morgan fingerprint density at radius 2 is 1.59 bits per heavy atom. The third-order valence-corrected chi connectivity index (χ3v) is 3.60. The van der Waals surface area contributed by atoms with Crippen LogP contribution in [-0.4, -0.2) is 18.5 Å². The first-order valence-corrected chi connectivity index (χ1v) is 7.49. The minimum absolute atomic E-state index is 0.0560. The van der Waals surface area contributed by atoms with Crippen molar-refractivity contribution < 1.29 is 9.53 Å². The topological polar surface area (TPSA) is 26.3 Å². The molecule has 0 aromatic heterocycles. The molecule has 2 nitrogen and oxygen atoms in total. The number of rotatable bonds is 10. The molecule has 0 amide bonds. The highest BCUT2D eigenvalue weighted by molar-refractivity contribution is 5.84. The number of carbonyl (C=O) groups excluding carboxylic acids is 1. The quantitative estimate of drug-likeness (QED) is 0.533. The number of unbranched alkanes of at least 4 members (excludes halogenated alkanes) is 8. The Kier molecular flexibility index (Phi) is 8.33. The third kappa shape index (κ3) is 6.82. The lowest BCUT2D eigenvalue weighted by atomic mass is 10.0. The van der Waals surface area contributed by atoms with Crippen molar-refractivity contribution in [2.75, 3.05) is 6.61 Å². The molecule has 2 heteroatoms. The van der Waals surface area contributed by atoms with Crippen LogP contribution in [0.15, 0.2) is 0 Å². The Bertz CT molecular complexity index is 201. The molecule has 1 atom stereocenters. The summed E-state index contributed by atoms with van der Waals surface area (Å²) in [6.45, 7) is 2.91. The van der Waals surface area contributed by atoms with Gasteiger partial charge in [0, 0.05) is 6.42 Å². The van der Waals surface area contributed by atoms with Crippen LogP contribution < -0.4 is 0 Å². The second-order valence-electron chi connectivity index (χ2n) is 5.19. The van der Waals surface area contributed by atoms with E-state index in [1.54, 1.807) is 0 Å². The summed E-state index contributed by atoms with van der Waals surface area (Å²) in [4.78, 5) is 11.3. The molecule has 1 aliphatic heterocycles. The van der Waals surface area contributed by atoms with Crippen LogP contribution in [0.1, 0.15) is 77.6 Å². The first-order chi connectivity index (χ1) is 8.34. The molecule has 1 fully saturated rings. The molecule has 0 bridgehead atoms. The van der Waals surface area contributed by atoms with E-state index < -0.39 is 0 Å². The molecule has 1 aliphatic rings. The molecule has 1 saturated heterocycles. The lowest BCUT2D eigenvalue weighted by Gasteiger charge is -2.07.